The highest BCUT2D eigenvalue weighted by molar-refractivity contribution is 6.31. The number of carbonyl (C=O) groups is 1. The van der Waals surface area contributed by atoms with Gasteiger partial charge in [-0.25, -0.2) is 9.97 Å². The molecular weight excluding hydrogens is 360 g/mol. The molecule has 0 unspecified atom stereocenters. The van der Waals surface area contributed by atoms with E-state index in [1.165, 1.54) is 0 Å². The summed E-state index contributed by atoms with van der Waals surface area (Å²) in [7, 11) is 0. The second kappa shape index (κ2) is 8.64. The molecule has 0 aliphatic heterocycles. The minimum atomic E-state index is -0.234. The van der Waals surface area contributed by atoms with Gasteiger partial charge in [-0.2, -0.15) is 0 Å². The molecule has 0 bridgehead atoms. The van der Waals surface area contributed by atoms with Crippen molar-refractivity contribution < 1.29 is 4.79 Å². The number of aryl methyl sites for hydroxylation is 2. The number of amides is 1. The van der Waals surface area contributed by atoms with E-state index in [9.17, 15) is 4.79 Å². The zero-order valence-electron chi connectivity index (χ0n) is 15.3. The lowest BCUT2D eigenvalue weighted by Gasteiger charge is -2.10. The van der Waals surface area contributed by atoms with Crippen LogP contribution in [0.5, 0.6) is 0 Å². The Morgan fingerprint density at radius 2 is 1.81 bits per heavy atom. The maximum Gasteiger partial charge on any atom is 0.270 e. The Morgan fingerprint density at radius 1 is 1.00 bits per heavy atom. The molecule has 2 N–H and O–H groups in total. The monoisotopic (exact) mass is 380 g/mol. The second-order valence-corrected chi connectivity index (χ2v) is 6.71. The summed E-state index contributed by atoms with van der Waals surface area (Å²) in [5.41, 5.74) is 3.49. The molecule has 0 saturated heterocycles. The number of nitrogens with one attached hydrogen (secondary N) is 2. The molecule has 0 spiro atoms. The van der Waals surface area contributed by atoms with Gasteiger partial charge in [0, 0.05) is 24.2 Å². The summed E-state index contributed by atoms with van der Waals surface area (Å²) in [6.07, 6.45) is 0. The highest BCUT2D eigenvalue weighted by atomic mass is 35.5. The van der Waals surface area contributed by atoms with Gasteiger partial charge < -0.3 is 10.6 Å². The molecular formula is C21H21ClN4O. The molecule has 1 amide bonds. The molecule has 2 aromatic carbocycles. The Labute approximate surface area is 163 Å². The third-order valence-electron chi connectivity index (χ3n) is 4.02. The van der Waals surface area contributed by atoms with Crippen molar-refractivity contribution in [3.05, 3.63) is 87.8 Å². The number of carbonyl (C=O) groups excluding carboxylic acids is 1. The Morgan fingerprint density at radius 3 is 2.59 bits per heavy atom. The number of halogens is 1. The summed E-state index contributed by atoms with van der Waals surface area (Å²) in [6.45, 7) is 4.75. The van der Waals surface area contributed by atoms with Gasteiger partial charge in [0.25, 0.3) is 5.91 Å². The van der Waals surface area contributed by atoms with Crippen molar-refractivity contribution in [3.63, 3.8) is 0 Å². The third kappa shape index (κ3) is 5.28. The molecule has 1 aromatic heterocycles. The van der Waals surface area contributed by atoms with Gasteiger partial charge in [-0.15, -0.1) is 0 Å². The lowest BCUT2D eigenvalue weighted by atomic mass is 10.1. The standard InChI is InChI=1S/C21H21ClN4O/c1-14-6-5-7-16(10-14)12-24-21(27)19-11-20(26-15(2)25-19)23-13-17-8-3-4-9-18(17)22/h3-11H,12-13H2,1-2H3,(H,24,27)(H,23,25,26). The van der Waals surface area contributed by atoms with Crippen molar-refractivity contribution >= 4 is 23.3 Å². The SMILES string of the molecule is Cc1cccc(CNC(=O)c2cc(NCc3ccccc3Cl)nc(C)n2)c1. The highest BCUT2D eigenvalue weighted by Crippen LogP contribution is 2.16. The van der Waals surface area contributed by atoms with Crippen molar-refractivity contribution in [2.45, 2.75) is 26.9 Å². The minimum Gasteiger partial charge on any atom is -0.366 e. The van der Waals surface area contributed by atoms with E-state index in [1.54, 1.807) is 13.0 Å². The first-order chi connectivity index (χ1) is 13.0. The first-order valence-electron chi connectivity index (χ1n) is 8.68. The summed E-state index contributed by atoms with van der Waals surface area (Å²) in [5, 5.41) is 6.79. The number of nitrogens with zero attached hydrogens (tertiary/aromatic N) is 2. The lowest BCUT2D eigenvalue weighted by molar-refractivity contribution is 0.0945. The third-order valence-corrected chi connectivity index (χ3v) is 4.39. The fourth-order valence-electron chi connectivity index (χ4n) is 2.70. The van der Waals surface area contributed by atoms with Crippen molar-refractivity contribution in [2.24, 2.45) is 0 Å². The molecule has 5 nitrogen and oxygen atoms in total. The molecule has 0 radical (unpaired) electrons. The molecule has 3 aromatic rings. The number of benzene rings is 2. The molecule has 138 valence electrons. The van der Waals surface area contributed by atoms with Crippen molar-refractivity contribution in [3.8, 4) is 0 Å². The van der Waals surface area contributed by atoms with Crippen LogP contribution in [0.2, 0.25) is 5.02 Å². The largest absolute Gasteiger partial charge is 0.366 e. The Bertz CT molecular complexity index is 958. The Hall–Kier alpha value is -2.92. The zero-order valence-corrected chi connectivity index (χ0v) is 16.0. The van der Waals surface area contributed by atoms with Crippen LogP contribution >= 0.6 is 11.6 Å². The van der Waals surface area contributed by atoms with Gasteiger partial charge in [0.1, 0.15) is 17.3 Å². The van der Waals surface area contributed by atoms with Gasteiger partial charge in [0.05, 0.1) is 0 Å². The molecule has 1 heterocycles. The molecule has 0 fully saturated rings. The van der Waals surface area contributed by atoms with Gasteiger partial charge >= 0.3 is 0 Å². The summed E-state index contributed by atoms with van der Waals surface area (Å²) in [4.78, 5) is 21.1. The maximum absolute atomic E-state index is 12.5. The first-order valence-corrected chi connectivity index (χ1v) is 9.06. The number of anilines is 1. The second-order valence-electron chi connectivity index (χ2n) is 6.30. The van der Waals surface area contributed by atoms with Gasteiger partial charge in [-0.05, 0) is 31.0 Å². The van der Waals surface area contributed by atoms with Crippen LogP contribution in [-0.4, -0.2) is 15.9 Å². The van der Waals surface area contributed by atoms with Crippen molar-refractivity contribution in [2.75, 3.05) is 5.32 Å². The van der Waals surface area contributed by atoms with E-state index >= 15 is 0 Å². The predicted octanol–water partition coefficient (Wildman–Crippen LogP) is 4.29. The predicted molar refractivity (Wildman–Crippen MR) is 108 cm³/mol. The smallest absolute Gasteiger partial charge is 0.270 e. The average molecular weight is 381 g/mol. The Balaban J connectivity index is 1.67. The normalized spacial score (nSPS) is 10.5. The van der Waals surface area contributed by atoms with Gasteiger partial charge in [-0.3, -0.25) is 4.79 Å². The summed E-state index contributed by atoms with van der Waals surface area (Å²) in [5.74, 6) is 0.880. The van der Waals surface area contributed by atoms with Crippen LogP contribution in [0.4, 0.5) is 5.82 Å². The topological polar surface area (TPSA) is 66.9 Å². The summed E-state index contributed by atoms with van der Waals surface area (Å²) >= 11 is 6.18. The molecule has 6 heteroatoms. The molecule has 0 aliphatic rings. The zero-order chi connectivity index (χ0) is 19.2. The van der Waals surface area contributed by atoms with Crippen molar-refractivity contribution in [1.82, 2.24) is 15.3 Å². The van der Waals surface area contributed by atoms with E-state index in [4.69, 9.17) is 11.6 Å². The fourth-order valence-corrected chi connectivity index (χ4v) is 2.90. The average Bonchev–Trinajstić information content (AvgIpc) is 2.65. The minimum absolute atomic E-state index is 0.234. The van der Waals surface area contributed by atoms with Crippen LogP contribution < -0.4 is 10.6 Å². The van der Waals surface area contributed by atoms with Gasteiger partial charge in [0.15, 0.2) is 0 Å². The van der Waals surface area contributed by atoms with Crippen LogP contribution in [0, 0.1) is 13.8 Å². The number of hydrogen-bond donors (Lipinski definition) is 2. The number of aromatic nitrogens is 2. The van der Waals surface area contributed by atoms with Crippen LogP contribution in [-0.2, 0) is 13.1 Å². The molecule has 27 heavy (non-hydrogen) atoms. The van der Waals surface area contributed by atoms with E-state index < -0.39 is 0 Å². The quantitative estimate of drug-likeness (QED) is 0.669. The number of hydrogen-bond acceptors (Lipinski definition) is 4. The summed E-state index contributed by atoms with van der Waals surface area (Å²) in [6, 6.07) is 17.3. The summed E-state index contributed by atoms with van der Waals surface area (Å²) < 4.78 is 0. The van der Waals surface area contributed by atoms with Crippen molar-refractivity contribution in [1.29, 1.82) is 0 Å². The van der Waals surface area contributed by atoms with Crippen LogP contribution in [0.15, 0.2) is 54.6 Å². The molecule has 0 aliphatic carbocycles. The van der Waals surface area contributed by atoms with E-state index in [2.05, 4.69) is 20.6 Å². The van der Waals surface area contributed by atoms with Crippen LogP contribution in [0.3, 0.4) is 0 Å². The fraction of sp³-hybridized carbons (Fsp3) is 0.190. The van der Waals surface area contributed by atoms with Gasteiger partial charge in [0.2, 0.25) is 0 Å². The number of rotatable bonds is 6. The maximum atomic E-state index is 12.5. The lowest BCUT2D eigenvalue weighted by Crippen LogP contribution is -2.24. The first kappa shape index (κ1) is 18.9. The van der Waals surface area contributed by atoms with Crippen LogP contribution in [0.1, 0.15) is 33.0 Å². The molecule has 0 saturated carbocycles. The van der Waals surface area contributed by atoms with Crippen LogP contribution in [0.25, 0.3) is 0 Å². The Kier molecular flexibility index (Phi) is 6.04. The van der Waals surface area contributed by atoms with Gasteiger partial charge in [-0.1, -0.05) is 59.6 Å². The highest BCUT2D eigenvalue weighted by Gasteiger charge is 2.11. The van der Waals surface area contributed by atoms with E-state index in [0.29, 0.717) is 35.4 Å². The molecule has 3 rings (SSSR count). The van der Waals surface area contributed by atoms with E-state index in [-0.39, 0.29) is 5.91 Å². The molecule has 0 atom stereocenters. The van der Waals surface area contributed by atoms with E-state index in [0.717, 1.165) is 16.7 Å². The van der Waals surface area contributed by atoms with E-state index in [1.807, 2.05) is 55.5 Å².